The van der Waals surface area contributed by atoms with E-state index in [1.165, 1.54) is 22.6 Å². The molecule has 1 N–H and O–H groups in total. The molecule has 0 fully saturated rings. The number of hydrogen-bond acceptors (Lipinski definition) is 5. The SMILES string of the molecule is O=C(O)COc1cccc2c1CCCC2N(c1ccc(-c2ccc(F)cc2)nc1)S(=O)[O-]. The molecule has 0 saturated carbocycles. The van der Waals surface area contributed by atoms with Gasteiger partial charge in [0.1, 0.15) is 11.6 Å². The smallest absolute Gasteiger partial charge is 0.341 e. The monoisotopic (exact) mass is 455 g/mol. The second-order valence-electron chi connectivity index (χ2n) is 7.37. The molecule has 9 heteroatoms. The minimum atomic E-state index is -2.57. The molecule has 0 radical (unpaired) electrons. The first-order chi connectivity index (χ1) is 15.4. The molecular weight excluding hydrogens is 435 g/mol. The molecule has 2 unspecified atom stereocenters. The lowest BCUT2D eigenvalue weighted by Crippen LogP contribution is -2.33. The zero-order chi connectivity index (χ0) is 22.7. The van der Waals surface area contributed by atoms with Crippen LogP contribution in [0.4, 0.5) is 10.1 Å². The Kier molecular flexibility index (Phi) is 6.48. The van der Waals surface area contributed by atoms with Gasteiger partial charge in [-0.2, -0.15) is 0 Å². The highest BCUT2D eigenvalue weighted by molar-refractivity contribution is 7.80. The summed E-state index contributed by atoms with van der Waals surface area (Å²) in [5.41, 5.74) is 3.32. The van der Waals surface area contributed by atoms with Crippen LogP contribution in [0.25, 0.3) is 11.3 Å². The third-order valence-electron chi connectivity index (χ3n) is 5.37. The fourth-order valence-corrected chi connectivity index (χ4v) is 4.69. The van der Waals surface area contributed by atoms with E-state index in [1.54, 1.807) is 36.4 Å². The Labute approximate surface area is 186 Å². The Morgan fingerprint density at radius 1 is 1.22 bits per heavy atom. The van der Waals surface area contributed by atoms with Crippen molar-refractivity contribution in [1.82, 2.24) is 4.98 Å². The number of nitrogens with zero attached hydrogens (tertiary/aromatic N) is 2. The molecule has 0 aliphatic heterocycles. The van der Waals surface area contributed by atoms with Gasteiger partial charge in [0.15, 0.2) is 6.61 Å². The van der Waals surface area contributed by atoms with E-state index in [1.807, 2.05) is 6.07 Å². The van der Waals surface area contributed by atoms with Crippen LogP contribution in [0.15, 0.2) is 60.8 Å². The number of fused-ring (bicyclic) bond motifs is 1. The highest BCUT2D eigenvalue weighted by Crippen LogP contribution is 2.41. The molecule has 0 bridgehead atoms. The normalized spacial score (nSPS) is 16.1. The molecule has 1 heterocycles. The summed E-state index contributed by atoms with van der Waals surface area (Å²) in [6, 6.07) is 14.1. The molecule has 0 spiro atoms. The fraction of sp³-hybridized carbons (Fsp3) is 0.217. The molecule has 1 aromatic heterocycles. The lowest BCUT2D eigenvalue weighted by atomic mass is 9.87. The summed E-state index contributed by atoms with van der Waals surface area (Å²) in [5, 5.41) is 8.92. The molecule has 4 rings (SSSR count). The topological polar surface area (TPSA) is 103 Å². The number of rotatable bonds is 7. The Morgan fingerprint density at radius 2 is 2.00 bits per heavy atom. The zero-order valence-corrected chi connectivity index (χ0v) is 17.8. The minimum absolute atomic E-state index is 0.346. The number of carboxylic acids is 1. The number of aliphatic carboxylic acids is 1. The average Bonchev–Trinajstić information content (AvgIpc) is 2.79. The van der Waals surface area contributed by atoms with Crippen molar-refractivity contribution in [2.75, 3.05) is 10.9 Å². The fourth-order valence-electron chi connectivity index (χ4n) is 3.99. The second-order valence-corrected chi connectivity index (χ2v) is 8.19. The summed E-state index contributed by atoms with van der Waals surface area (Å²) in [4.78, 5) is 15.3. The largest absolute Gasteiger partial charge is 0.755 e. The summed E-state index contributed by atoms with van der Waals surface area (Å²) >= 11 is -2.57. The molecule has 7 nitrogen and oxygen atoms in total. The predicted molar refractivity (Wildman–Crippen MR) is 116 cm³/mol. The van der Waals surface area contributed by atoms with E-state index in [0.29, 0.717) is 30.0 Å². The molecular formula is C23H20FN2O5S-. The van der Waals surface area contributed by atoms with Gasteiger partial charge in [-0.3, -0.25) is 13.5 Å². The number of carboxylic acid groups (broad SMARTS) is 1. The lowest BCUT2D eigenvalue weighted by Gasteiger charge is -2.38. The number of hydrogen-bond donors (Lipinski definition) is 1. The van der Waals surface area contributed by atoms with Crippen LogP contribution in [0, 0.1) is 5.82 Å². The standard InChI is InChI=1S/C23H21FN2O5S/c24-16-9-7-15(8-10-16)20-12-11-17(13-25-20)26(32(29)30)21-5-1-4-19-18(21)3-2-6-22(19)31-14-23(27)28/h2-3,6-13,21H,1,4-5,14H2,(H,27,28)(H,29,30)/p-1. The van der Waals surface area contributed by atoms with Crippen molar-refractivity contribution in [3.8, 4) is 17.0 Å². The molecule has 2 aromatic carbocycles. The Balaban J connectivity index is 1.66. The number of carbonyl (C=O) groups is 1. The molecule has 32 heavy (non-hydrogen) atoms. The predicted octanol–water partition coefficient (Wildman–Crippen LogP) is 4.03. The molecule has 166 valence electrons. The first-order valence-electron chi connectivity index (χ1n) is 10.0. The van der Waals surface area contributed by atoms with Crippen LogP contribution in [-0.2, 0) is 22.5 Å². The van der Waals surface area contributed by atoms with Gasteiger partial charge in [0.2, 0.25) is 0 Å². The number of aromatic nitrogens is 1. The Hall–Kier alpha value is -3.30. The van der Waals surface area contributed by atoms with Crippen LogP contribution < -0.4 is 9.04 Å². The molecule has 0 saturated heterocycles. The summed E-state index contributed by atoms with van der Waals surface area (Å²) in [5.74, 6) is -0.971. The van der Waals surface area contributed by atoms with Gasteiger partial charge in [0.25, 0.3) is 0 Å². The highest BCUT2D eigenvalue weighted by Gasteiger charge is 2.29. The Morgan fingerprint density at radius 3 is 2.66 bits per heavy atom. The maximum atomic E-state index is 13.2. The second kappa shape index (κ2) is 9.46. The molecule has 1 aliphatic rings. The van der Waals surface area contributed by atoms with E-state index >= 15 is 0 Å². The lowest BCUT2D eigenvalue weighted by molar-refractivity contribution is -0.139. The number of ether oxygens (including phenoxy) is 1. The third-order valence-corrected chi connectivity index (χ3v) is 6.16. The zero-order valence-electron chi connectivity index (χ0n) is 16.9. The van der Waals surface area contributed by atoms with Gasteiger partial charge in [-0.15, -0.1) is 0 Å². The third kappa shape index (κ3) is 4.63. The minimum Gasteiger partial charge on any atom is -0.755 e. The van der Waals surface area contributed by atoms with Crippen molar-refractivity contribution in [2.24, 2.45) is 0 Å². The van der Waals surface area contributed by atoms with Crippen LogP contribution in [0.3, 0.4) is 0 Å². The van der Waals surface area contributed by atoms with E-state index in [2.05, 4.69) is 4.98 Å². The van der Waals surface area contributed by atoms with Crippen LogP contribution >= 0.6 is 0 Å². The quantitative estimate of drug-likeness (QED) is 0.540. The number of benzene rings is 2. The summed E-state index contributed by atoms with van der Waals surface area (Å²) in [7, 11) is 0. The van der Waals surface area contributed by atoms with Gasteiger partial charge in [-0.25, -0.2) is 9.18 Å². The summed E-state index contributed by atoms with van der Waals surface area (Å²) in [6.07, 6.45) is 3.47. The van der Waals surface area contributed by atoms with Crippen LogP contribution in [0.1, 0.15) is 30.0 Å². The van der Waals surface area contributed by atoms with E-state index < -0.39 is 29.9 Å². The van der Waals surface area contributed by atoms with Gasteiger partial charge < -0.3 is 14.4 Å². The van der Waals surface area contributed by atoms with Gasteiger partial charge >= 0.3 is 5.97 Å². The molecule has 2 atom stereocenters. The molecule has 1 aliphatic carbocycles. The van der Waals surface area contributed by atoms with Crippen LogP contribution in [-0.4, -0.2) is 31.4 Å². The van der Waals surface area contributed by atoms with Gasteiger partial charge in [0, 0.05) is 16.8 Å². The number of halogens is 1. The van der Waals surface area contributed by atoms with Crippen LogP contribution in [0.5, 0.6) is 5.75 Å². The van der Waals surface area contributed by atoms with Crippen molar-refractivity contribution < 1.29 is 27.8 Å². The van der Waals surface area contributed by atoms with Crippen molar-refractivity contribution >= 4 is 22.9 Å². The summed E-state index contributed by atoms with van der Waals surface area (Å²) in [6.45, 7) is -0.465. The van der Waals surface area contributed by atoms with E-state index in [-0.39, 0.29) is 5.82 Å². The highest BCUT2D eigenvalue weighted by atomic mass is 32.2. The van der Waals surface area contributed by atoms with Crippen molar-refractivity contribution in [3.63, 3.8) is 0 Å². The van der Waals surface area contributed by atoms with Gasteiger partial charge in [-0.1, -0.05) is 12.1 Å². The maximum Gasteiger partial charge on any atom is 0.341 e. The van der Waals surface area contributed by atoms with Crippen LogP contribution in [0.2, 0.25) is 0 Å². The Bertz CT molecular complexity index is 1140. The van der Waals surface area contributed by atoms with Crippen molar-refractivity contribution in [2.45, 2.75) is 25.3 Å². The van der Waals surface area contributed by atoms with E-state index in [0.717, 1.165) is 23.1 Å². The molecule has 3 aromatic rings. The van der Waals surface area contributed by atoms with E-state index in [4.69, 9.17) is 9.84 Å². The van der Waals surface area contributed by atoms with E-state index in [9.17, 15) is 17.9 Å². The first kappa shape index (κ1) is 21.9. The number of pyridine rings is 1. The van der Waals surface area contributed by atoms with Gasteiger partial charge in [-0.05, 0) is 72.9 Å². The maximum absolute atomic E-state index is 13.2. The van der Waals surface area contributed by atoms with Crippen molar-refractivity contribution in [1.29, 1.82) is 0 Å². The average molecular weight is 455 g/mol. The molecule has 0 amide bonds. The summed E-state index contributed by atoms with van der Waals surface area (Å²) < 4.78 is 44.4. The first-order valence-corrected chi connectivity index (χ1v) is 11.0. The number of anilines is 1. The van der Waals surface area contributed by atoms with Crippen molar-refractivity contribution in [3.05, 3.63) is 77.7 Å². The van der Waals surface area contributed by atoms with Gasteiger partial charge in [0.05, 0.1) is 23.6 Å².